The maximum atomic E-state index is 12.5. The molecular formula is C23H26N2O4S. The van der Waals surface area contributed by atoms with Gasteiger partial charge in [0, 0.05) is 31.1 Å². The Hall–Kier alpha value is -2.48. The van der Waals surface area contributed by atoms with E-state index in [1.165, 1.54) is 35.4 Å². The first-order valence-corrected chi connectivity index (χ1v) is 11.8. The fraction of sp³-hybridized carbons (Fsp3) is 0.348. The van der Waals surface area contributed by atoms with E-state index in [2.05, 4.69) is 33.9 Å². The number of rotatable bonds is 8. The maximum Gasteiger partial charge on any atom is 0.336 e. The Bertz CT molecular complexity index is 1190. The zero-order valence-electron chi connectivity index (χ0n) is 16.8. The van der Waals surface area contributed by atoms with Crippen LogP contribution in [0.25, 0.3) is 11.0 Å². The van der Waals surface area contributed by atoms with E-state index in [1.807, 2.05) is 0 Å². The highest BCUT2D eigenvalue weighted by Crippen LogP contribution is 2.19. The van der Waals surface area contributed by atoms with Gasteiger partial charge in [0.2, 0.25) is 10.0 Å². The molecule has 0 spiro atoms. The van der Waals surface area contributed by atoms with Gasteiger partial charge in [-0.2, -0.15) is 0 Å². The summed E-state index contributed by atoms with van der Waals surface area (Å²) in [5, 5.41) is 0.584. The minimum atomic E-state index is -3.58. The summed E-state index contributed by atoms with van der Waals surface area (Å²) in [7, 11) is -3.58. The predicted octanol–water partition coefficient (Wildman–Crippen LogP) is 3.30. The van der Waals surface area contributed by atoms with Crippen LogP contribution >= 0.6 is 0 Å². The number of unbranched alkanes of at least 4 members (excludes halogenated alkanes) is 2. The quantitative estimate of drug-likeness (QED) is 0.442. The van der Waals surface area contributed by atoms with Crippen LogP contribution in [-0.2, 0) is 23.0 Å². The summed E-state index contributed by atoms with van der Waals surface area (Å²) < 4.78 is 32.8. The van der Waals surface area contributed by atoms with Crippen LogP contribution in [0.2, 0.25) is 0 Å². The number of benzene rings is 2. The van der Waals surface area contributed by atoms with Crippen LogP contribution in [0.5, 0.6) is 0 Å². The van der Waals surface area contributed by atoms with Gasteiger partial charge < -0.3 is 4.42 Å². The molecule has 0 saturated carbocycles. The van der Waals surface area contributed by atoms with Gasteiger partial charge in [-0.15, -0.1) is 0 Å². The molecule has 1 aromatic heterocycles. The summed E-state index contributed by atoms with van der Waals surface area (Å²) in [4.78, 5) is 13.9. The average Bonchev–Trinajstić information content (AvgIpc) is 2.75. The van der Waals surface area contributed by atoms with E-state index in [1.54, 1.807) is 6.07 Å². The van der Waals surface area contributed by atoms with Crippen molar-refractivity contribution in [1.29, 1.82) is 0 Å². The third-order valence-corrected chi connectivity index (χ3v) is 7.01. The van der Waals surface area contributed by atoms with Crippen molar-refractivity contribution < 1.29 is 12.8 Å². The predicted molar refractivity (Wildman–Crippen MR) is 117 cm³/mol. The fourth-order valence-corrected chi connectivity index (χ4v) is 5.00. The van der Waals surface area contributed by atoms with E-state index in [-0.39, 0.29) is 4.90 Å². The highest BCUT2D eigenvalue weighted by molar-refractivity contribution is 7.89. The molecule has 3 aromatic rings. The van der Waals surface area contributed by atoms with Crippen LogP contribution < -0.4 is 10.3 Å². The molecule has 0 fully saturated rings. The normalized spacial score (nSPS) is 14.7. The molecule has 2 heterocycles. The molecule has 2 aromatic carbocycles. The molecule has 6 nitrogen and oxygen atoms in total. The van der Waals surface area contributed by atoms with Crippen LogP contribution in [0.15, 0.2) is 68.7 Å². The van der Waals surface area contributed by atoms with E-state index in [9.17, 15) is 13.2 Å². The first-order valence-electron chi connectivity index (χ1n) is 10.3. The van der Waals surface area contributed by atoms with Crippen molar-refractivity contribution in [2.24, 2.45) is 0 Å². The smallest absolute Gasteiger partial charge is 0.336 e. The summed E-state index contributed by atoms with van der Waals surface area (Å²) in [6, 6.07) is 16.0. The number of hydrogen-bond acceptors (Lipinski definition) is 5. The molecule has 4 rings (SSSR count). The lowest BCUT2D eigenvalue weighted by molar-refractivity contribution is 0.248. The van der Waals surface area contributed by atoms with E-state index in [0.717, 1.165) is 45.3 Å². The molecule has 0 bridgehead atoms. The van der Waals surface area contributed by atoms with Crippen molar-refractivity contribution in [3.05, 3.63) is 76.1 Å². The van der Waals surface area contributed by atoms with Gasteiger partial charge in [-0.25, -0.2) is 17.9 Å². The lowest BCUT2D eigenvalue weighted by Gasteiger charge is -2.28. The summed E-state index contributed by atoms with van der Waals surface area (Å²) in [6.45, 7) is 3.54. The molecule has 1 aliphatic heterocycles. The Morgan fingerprint density at radius 1 is 0.967 bits per heavy atom. The molecule has 0 radical (unpaired) electrons. The van der Waals surface area contributed by atoms with Gasteiger partial charge in [0.15, 0.2) is 0 Å². The van der Waals surface area contributed by atoms with Crippen LogP contribution in [-0.4, -0.2) is 33.0 Å². The van der Waals surface area contributed by atoms with Gasteiger partial charge in [0.1, 0.15) is 5.58 Å². The summed E-state index contributed by atoms with van der Waals surface area (Å²) >= 11 is 0. The topological polar surface area (TPSA) is 79.6 Å². The Labute approximate surface area is 176 Å². The molecule has 1 aliphatic rings. The molecule has 7 heteroatoms. The monoisotopic (exact) mass is 426 g/mol. The van der Waals surface area contributed by atoms with Gasteiger partial charge in [-0.05, 0) is 61.2 Å². The van der Waals surface area contributed by atoms with Crippen LogP contribution in [0.1, 0.15) is 30.4 Å². The molecule has 0 unspecified atom stereocenters. The van der Waals surface area contributed by atoms with Crippen molar-refractivity contribution in [3.8, 4) is 0 Å². The standard InChI is InChI=1S/C23H26N2O4S/c26-23-11-8-19-16-21(9-10-22(19)29-23)30(27,28)24-13-4-1-5-14-25-15-12-18-6-2-3-7-20(18)17-25/h2-3,6-11,16,24H,1,4-5,12-15,17H2. The third-order valence-electron chi connectivity index (χ3n) is 5.55. The third kappa shape index (κ3) is 4.98. The highest BCUT2D eigenvalue weighted by Gasteiger charge is 2.16. The number of nitrogens with one attached hydrogen (secondary N) is 1. The second-order valence-electron chi connectivity index (χ2n) is 7.71. The van der Waals surface area contributed by atoms with Crippen molar-refractivity contribution in [1.82, 2.24) is 9.62 Å². The van der Waals surface area contributed by atoms with Crippen molar-refractivity contribution in [3.63, 3.8) is 0 Å². The van der Waals surface area contributed by atoms with Gasteiger partial charge in [0.25, 0.3) is 0 Å². The molecule has 1 N–H and O–H groups in total. The SMILES string of the molecule is O=c1ccc2cc(S(=O)(=O)NCCCCCN3CCc4ccccc4C3)ccc2o1. The molecule has 30 heavy (non-hydrogen) atoms. The highest BCUT2D eigenvalue weighted by atomic mass is 32.2. The second-order valence-corrected chi connectivity index (χ2v) is 9.47. The summed E-state index contributed by atoms with van der Waals surface area (Å²) in [5.41, 5.74) is 2.80. The second kappa shape index (κ2) is 9.12. The van der Waals surface area contributed by atoms with E-state index in [4.69, 9.17) is 4.42 Å². The van der Waals surface area contributed by atoms with Crippen LogP contribution in [0, 0.1) is 0 Å². The van der Waals surface area contributed by atoms with Gasteiger partial charge >= 0.3 is 5.63 Å². The molecule has 0 saturated heterocycles. The molecule has 158 valence electrons. The summed E-state index contributed by atoms with van der Waals surface area (Å²) in [5.74, 6) is 0. The number of sulfonamides is 1. The largest absolute Gasteiger partial charge is 0.423 e. The Kier molecular flexibility index (Phi) is 6.32. The average molecular weight is 427 g/mol. The Morgan fingerprint density at radius 3 is 2.67 bits per heavy atom. The van der Waals surface area contributed by atoms with Crippen molar-refractivity contribution in [2.75, 3.05) is 19.6 Å². The zero-order valence-corrected chi connectivity index (χ0v) is 17.7. The molecule has 0 amide bonds. The lowest BCUT2D eigenvalue weighted by atomic mass is 10.00. The van der Waals surface area contributed by atoms with Gasteiger partial charge in [-0.1, -0.05) is 30.7 Å². The first-order chi connectivity index (χ1) is 14.5. The van der Waals surface area contributed by atoms with E-state index >= 15 is 0 Å². The van der Waals surface area contributed by atoms with Crippen molar-refractivity contribution in [2.45, 2.75) is 37.1 Å². The lowest BCUT2D eigenvalue weighted by Crippen LogP contribution is -2.31. The minimum Gasteiger partial charge on any atom is -0.423 e. The van der Waals surface area contributed by atoms with E-state index < -0.39 is 15.6 Å². The fourth-order valence-electron chi connectivity index (χ4n) is 3.89. The number of nitrogens with zero attached hydrogens (tertiary/aromatic N) is 1. The van der Waals surface area contributed by atoms with Crippen molar-refractivity contribution >= 4 is 21.0 Å². The first kappa shape index (κ1) is 20.8. The minimum absolute atomic E-state index is 0.177. The van der Waals surface area contributed by atoms with Crippen LogP contribution in [0.4, 0.5) is 0 Å². The van der Waals surface area contributed by atoms with Crippen LogP contribution in [0.3, 0.4) is 0 Å². The Balaban J connectivity index is 1.22. The zero-order chi connectivity index (χ0) is 21.0. The Morgan fingerprint density at radius 2 is 1.80 bits per heavy atom. The van der Waals surface area contributed by atoms with Gasteiger partial charge in [0.05, 0.1) is 4.90 Å². The molecular weight excluding hydrogens is 400 g/mol. The number of hydrogen-bond donors (Lipinski definition) is 1. The maximum absolute atomic E-state index is 12.5. The number of fused-ring (bicyclic) bond motifs is 2. The molecule has 0 aliphatic carbocycles. The van der Waals surface area contributed by atoms with Gasteiger partial charge in [-0.3, -0.25) is 4.90 Å². The van der Waals surface area contributed by atoms with E-state index in [0.29, 0.717) is 17.5 Å². The molecule has 0 atom stereocenters. The summed E-state index contributed by atoms with van der Waals surface area (Å²) in [6.07, 6.45) is 3.93.